The van der Waals surface area contributed by atoms with Gasteiger partial charge in [-0.25, -0.2) is 9.59 Å². The van der Waals surface area contributed by atoms with Gasteiger partial charge in [0.05, 0.1) is 16.0 Å². The molecule has 6 heteroatoms. The molecule has 0 fully saturated rings. The lowest BCUT2D eigenvalue weighted by Crippen LogP contribution is -2.15. The maximum absolute atomic E-state index is 11.5. The number of carbonyl (C=O) groups excluding carboxylic acids is 1. The summed E-state index contributed by atoms with van der Waals surface area (Å²) in [6.07, 6.45) is 0. The van der Waals surface area contributed by atoms with Gasteiger partial charge < -0.3 is 9.84 Å². The zero-order chi connectivity index (χ0) is 12.8. The number of alkyl halides is 2. The first kappa shape index (κ1) is 14.2. The molecule has 1 unspecified atom stereocenters. The molecule has 92 valence electrons. The van der Waals surface area contributed by atoms with Gasteiger partial charge in [-0.1, -0.05) is 31.9 Å². The minimum atomic E-state index is -1.02. The SMILES string of the molecule is O=C(O)c1ccc(C(=O)OCC(Br)CBr)cc1. The minimum Gasteiger partial charge on any atom is -0.478 e. The van der Waals surface area contributed by atoms with Crippen molar-refractivity contribution in [3.8, 4) is 0 Å². The molecule has 0 amide bonds. The predicted molar refractivity (Wildman–Crippen MR) is 70.2 cm³/mol. The van der Waals surface area contributed by atoms with Crippen LogP contribution in [0.2, 0.25) is 0 Å². The van der Waals surface area contributed by atoms with Crippen molar-refractivity contribution in [3.05, 3.63) is 35.4 Å². The normalized spacial score (nSPS) is 11.9. The average Bonchev–Trinajstić information content (AvgIpc) is 2.35. The largest absolute Gasteiger partial charge is 0.478 e. The fourth-order valence-corrected chi connectivity index (χ4v) is 1.36. The Hall–Kier alpha value is -0.880. The fraction of sp³-hybridized carbons (Fsp3) is 0.273. The van der Waals surface area contributed by atoms with Crippen LogP contribution in [0.15, 0.2) is 24.3 Å². The number of carboxylic acid groups (broad SMARTS) is 1. The number of ether oxygens (including phenoxy) is 1. The van der Waals surface area contributed by atoms with E-state index < -0.39 is 11.9 Å². The summed E-state index contributed by atoms with van der Waals surface area (Å²) in [6.45, 7) is 0.255. The number of hydrogen-bond acceptors (Lipinski definition) is 3. The van der Waals surface area contributed by atoms with Crippen molar-refractivity contribution in [2.24, 2.45) is 0 Å². The van der Waals surface area contributed by atoms with Gasteiger partial charge in [-0.15, -0.1) is 0 Å². The van der Waals surface area contributed by atoms with Crippen molar-refractivity contribution in [1.29, 1.82) is 0 Å². The van der Waals surface area contributed by atoms with Gasteiger partial charge in [0.15, 0.2) is 0 Å². The van der Waals surface area contributed by atoms with Crippen molar-refractivity contribution < 1.29 is 19.4 Å². The van der Waals surface area contributed by atoms with Crippen LogP contribution in [-0.2, 0) is 4.74 Å². The highest BCUT2D eigenvalue weighted by Crippen LogP contribution is 2.09. The van der Waals surface area contributed by atoms with Crippen LogP contribution in [-0.4, -0.2) is 33.8 Å². The van der Waals surface area contributed by atoms with Crippen LogP contribution >= 0.6 is 31.9 Å². The second kappa shape index (κ2) is 6.76. The standard InChI is InChI=1S/C11H10Br2O4/c12-5-9(13)6-17-11(16)8-3-1-7(2-4-8)10(14)15/h1-4,9H,5-6H2,(H,14,15). The van der Waals surface area contributed by atoms with Gasteiger partial charge in [0.2, 0.25) is 0 Å². The first-order valence-electron chi connectivity index (χ1n) is 4.75. The molecular formula is C11H10Br2O4. The summed E-state index contributed by atoms with van der Waals surface area (Å²) < 4.78 is 5.02. The smallest absolute Gasteiger partial charge is 0.338 e. The minimum absolute atomic E-state index is 0.0599. The van der Waals surface area contributed by atoms with E-state index in [2.05, 4.69) is 31.9 Å². The molecule has 0 aliphatic rings. The molecule has 1 N–H and O–H groups in total. The van der Waals surface area contributed by atoms with Crippen LogP contribution in [0.4, 0.5) is 0 Å². The molecule has 1 aromatic rings. The summed E-state index contributed by atoms with van der Waals surface area (Å²) in [5, 5.41) is 9.37. The maximum atomic E-state index is 11.5. The van der Waals surface area contributed by atoms with Crippen molar-refractivity contribution in [3.63, 3.8) is 0 Å². The van der Waals surface area contributed by atoms with E-state index in [1.54, 1.807) is 0 Å². The molecule has 0 saturated heterocycles. The number of benzene rings is 1. The monoisotopic (exact) mass is 364 g/mol. The van der Waals surface area contributed by atoms with Gasteiger partial charge in [-0.2, -0.15) is 0 Å². The predicted octanol–water partition coefficient (Wildman–Crippen LogP) is 2.70. The maximum Gasteiger partial charge on any atom is 0.338 e. The Morgan fingerprint density at radius 1 is 1.24 bits per heavy atom. The highest BCUT2D eigenvalue weighted by molar-refractivity contribution is 9.12. The van der Waals surface area contributed by atoms with E-state index in [0.717, 1.165) is 0 Å². The van der Waals surface area contributed by atoms with Crippen molar-refractivity contribution in [1.82, 2.24) is 0 Å². The van der Waals surface area contributed by atoms with Crippen molar-refractivity contribution in [2.75, 3.05) is 11.9 Å². The Morgan fingerprint density at radius 3 is 2.24 bits per heavy atom. The van der Waals surface area contributed by atoms with Gasteiger partial charge >= 0.3 is 11.9 Å². The van der Waals surface area contributed by atoms with Gasteiger partial charge in [0.25, 0.3) is 0 Å². The van der Waals surface area contributed by atoms with E-state index in [1.165, 1.54) is 24.3 Å². The number of carbonyl (C=O) groups is 2. The van der Waals surface area contributed by atoms with Crippen LogP contribution in [0.3, 0.4) is 0 Å². The molecule has 0 bridgehead atoms. The summed E-state index contributed by atoms with van der Waals surface area (Å²) in [7, 11) is 0. The van der Waals surface area contributed by atoms with Gasteiger partial charge in [0, 0.05) is 5.33 Å². The fourth-order valence-electron chi connectivity index (χ4n) is 1.04. The summed E-state index contributed by atoms with van der Waals surface area (Å²) in [6, 6.07) is 5.61. The Kier molecular flexibility index (Phi) is 5.64. The van der Waals surface area contributed by atoms with E-state index >= 15 is 0 Å². The quantitative estimate of drug-likeness (QED) is 0.643. The second-order valence-corrected chi connectivity index (χ2v) is 5.17. The van der Waals surface area contributed by atoms with Crippen molar-refractivity contribution in [2.45, 2.75) is 4.83 Å². The van der Waals surface area contributed by atoms with E-state index in [4.69, 9.17) is 9.84 Å². The topological polar surface area (TPSA) is 63.6 Å². The number of esters is 1. The lowest BCUT2D eigenvalue weighted by atomic mass is 10.1. The zero-order valence-corrected chi connectivity index (χ0v) is 11.9. The molecule has 0 aliphatic carbocycles. The number of rotatable bonds is 5. The second-order valence-electron chi connectivity index (χ2n) is 3.23. The van der Waals surface area contributed by atoms with Crippen molar-refractivity contribution >= 4 is 43.8 Å². The van der Waals surface area contributed by atoms with E-state index in [0.29, 0.717) is 10.9 Å². The third kappa shape index (κ3) is 4.47. The summed E-state index contributed by atoms with van der Waals surface area (Å²) in [4.78, 5) is 22.2. The van der Waals surface area contributed by atoms with Crippen LogP contribution in [0.25, 0.3) is 0 Å². The van der Waals surface area contributed by atoms with Gasteiger partial charge in [-0.3, -0.25) is 0 Å². The number of halogens is 2. The van der Waals surface area contributed by atoms with Crippen LogP contribution in [0.1, 0.15) is 20.7 Å². The average molecular weight is 366 g/mol. The Labute approximate surface area is 115 Å². The molecule has 1 atom stereocenters. The first-order valence-corrected chi connectivity index (χ1v) is 6.79. The Bertz CT molecular complexity index is 402. The number of hydrogen-bond donors (Lipinski definition) is 1. The summed E-state index contributed by atoms with van der Waals surface area (Å²) >= 11 is 6.55. The number of carboxylic acids is 1. The van der Waals surface area contributed by atoms with Gasteiger partial charge in [-0.05, 0) is 24.3 Å². The molecule has 1 aromatic carbocycles. The highest BCUT2D eigenvalue weighted by atomic mass is 79.9. The highest BCUT2D eigenvalue weighted by Gasteiger charge is 2.11. The zero-order valence-electron chi connectivity index (χ0n) is 8.73. The third-order valence-corrected chi connectivity index (χ3v) is 4.17. The summed E-state index contributed by atoms with van der Waals surface area (Å²) in [5.74, 6) is -1.49. The Balaban J connectivity index is 2.61. The lowest BCUT2D eigenvalue weighted by Gasteiger charge is -2.07. The van der Waals surface area contributed by atoms with E-state index in [-0.39, 0.29) is 17.0 Å². The van der Waals surface area contributed by atoms with Crippen LogP contribution in [0, 0.1) is 0 Å². The van der Waals surface area contributed by atoms with E-state index in [9.17, 15) is 9.59 Å². The third-order valence-electron chi connectivity index (χ3n) is 1.93. The summed E-state index contributed by atoms with van der Waals surface area (Å²) in [5.41, 5.74) is 0.477. The molecule has 1 rings (SSSR count). The molecule has 0 saturated carbocycles. The molecule has 0 heterocycles. The lowest BCUT2D eigenvalue weighted by molar-refractivity contribution is 0.0512. The molecule has 0 aliphatic heterocycles. The van der Waals surface area contributed by atoms with E-state index in [1.807, 2.05) is 0 Å². The van der Waals surface area contributed by atoms with Gasteiger partial charge in [0.1, 0.15) is 6.61 Å². The molecule has 0 aromatic heterocycles. The van der Waals surface area contributed by atoms with Crippen LogP contribution < -0.4 is 0 Å². The van der Waals surface area contributed by atoms with Crippen LogP contribution in [0.5, 0.6) is 0 Å². The number of aromatic carboxylic acids is 1. The molecular weight excluding hydrogens is 356 g/mol. The first-order chi connectivity index (χ1) is 8.04. The molecule has 0 radical (unpaired) electrons. The molecule has 0 spiro atoms. The Morgan fingerprint density at radius 2 is 1.76 bits per heavy atom. The molecule has 4 nitrogen and oxygen atoms in total. The molecule has 17 heavy (non-hydrogen) atoms.